The molecule has 10 aromatic rings. The highest BCUT2D eigenvalue weighted by atomic mass is 16.4. The van der Waals surface area contributed by atoms with E-state index >= 15 is 0 Å². The SMILES string of the molecule is c1ccc(N(c2cc3c4c(cccc4c2)-c2oc(-c4cc5ccccc5c5ccccc45)nc2-3)c2ccc3oc4ccccc4c3c2)cc1. The second-order valence-corrected chi connectivity index (χ2v) is 12.7. The molecule has 8 aromatic carbocycles. The van der Waals surface area contributed by atoms with Gasteiger partial charge in [-0.2, -0.15) is 0 Å². The topological polar surface area (TPSA) is 42.4 Å². The number of hydrogen-bond donors (Lipinski definition) is 0. The Morgan fingerprint density at radius 1 is 0.408 bits per heavy atom. The summed E-state index contributed by atoms with van der Waals surface area (Å²) in [6.07, 6.45) is 0. The molecule has 4 heteroatoms. The molecule has 228 valence electrons. The molecule has 0 bridgehead atoms. The Kier molecular flexibility index (Phi) is 5.35. The van der Waals surface area contributed by atoms with Crippen molar-refractivity contribution >= 4 is 71.3 Å². The van der Waals surface area contributed by atoms with Crippen LogP contribution in [0.3, 0.4) is 0 Å². The fourth-order valence-electron chi connectivity index (χ4n) is 7.83. The molecule has 4 nitrogen and oxygen atoms in total. The lowest BCUT2D eigenvalue weighted by molar-refractivity contribution is 0.591. The summed E-state index contributed by atoms with van der Waals surface area (Å²) in [4.78, 5) is 7.59. The van der Waals surface area contributed by atoms with Crippen LogP contribution in [0.1, 0.15) is 0 Å². The second kappa shape index (κ2) is 9.93. The summed E-state index contributed by atoms with van der Waals surface area (Å²) in [5.74, 6) is 1.46. The molecule has 2 heterocycles. The van der Waals surface area contributed by atoms with Crippen LogP contribution in [0.15, 0.2) is 167 Å². The van der Waals surface area contributed by atoms with Crippen molar-refractivity contribution in [3.63, 3.8) is 0 Å². The van der Waals surface area contributed by atoms with Crippen LogP contribution in [0, 0.1) is 0 Å². The van der Waals surface area contributed by atoms with Gasteiger partial charge in [0.1, 0.15) is 16.9 Å². The molecule has 0 amide bonds. The lowest BCUT2D eigenvalue weighted by Crippen LogP contribution is -2.10. The molecule has 0 saturated carbocycles. The second-order valence-electron chi connectivity index (χ2n) is 12.7. The first-order valence-electron chi connectivity index (χ1n) is 16.5. The number of fused-ring (bicyclic) bond motifs is 9. The van der Waals surface area contributed by atoms with Gasteiger partial charge in [-0.25, -0.2) is 4.98 Å². The van der Waals surface area contributed by atoms with E-state index in [0.717, 1.165) is 77.9 Å². The third-order valence-electron chi connectivity index (χ3n) is 9.98. The van der Waals surface area contributed by atoms with Crippen molar-refractivity contribution in [2.45, 2.75) is 0 Å². The van der Waals surface area contributed by atoms with Crippen molar-refractivity contribution in [3.8, 4) is 34.0 Å². The molecule has 0 fully saturated rings. The molecule has 1 aliphatic carbocycles. The lowest BCUT2D eigenvalue weighted by atomic mass is 9.97. The number of anilines is 3. The van der Waals surface area contributed by atoms with E-state index in [1.54, 1.807) is 0 Å². The Balaban J connectivity index is 1.13. The average molecular weight is 627 g/mol. The first-order chi connectivity index (χ1) is 24.3. The number of benzene rings is 8. The molecular weight excluding hydrogens is 601 g/mol. The van der Waals surface area contributed by atoms with Gasteiger partial charge in [-0.3, -0.25) is 0 Å². The highest BCUT2D eigenvalue weighted by molar-refractivity contribution is 6.17. The van der Waals surface area contributed by atoms with E-state index in [1.807, 2.05) is 12.1 Å². The zero-order valence-electron chi connectivity index (χ0n) is 26.2. The summed E-state index contributed by atoms with van der Waals surface area (Å²) < 4.78 is 12.9. The third-order valence-corrected chi connectivity index (χ3v) is 9.98. The van der Waals surface area contributed by atoms with Crippen LogP contribution >= 0.6 is 0 Å². The van der Waals surface area contributed by atoms with Gasteiger partial charge in [0.15, 0.2) is 5.76 Å². The van der Waals surface area contributed by atoms with Crippen molar-refractivity contribution < 1.29 is 8.83 Å². The molecule has 0 atom stereocenters. The van der Waals surface area contributed by atoms with Crippen molar-refractivity contribution in [2.75, 3.05) is 4.90 Å². The lowest BCUT2D eigenvalue weighted by Gasteiger charge is -2.26. The molecule has 0 spiro atoms. The minimum Gasteiger partial charge on any atom is -0.456 e. The average Bonchev–Trinajstić information content (AvgIpc) is 3.84. The Morgan fingerprint density at radius 3 is 2.04 bits per heavy atom. The number of para-hydroxylation sites is 2. The number of hydrogen-bond acceptors (Lipinski definition) is 4. The van der Waals surface area contributed by atoms with Crippen molar-refractivity contribution in [3.05, 3.63) is 158 Å². The van der Waals surface area contributed by atoms with Gasteiger partial charge in [-0.15, -0.1) is 0 Å². The Bertz CT molecular complexity index is 2950. The first-order valence-corrected chi connectivity index (χ1v) is 16.5. The molecule has 11 rings (SSSR count). The van der Waals surface area contributed by atoms with Crippen LogP contribution in [-0.4, -0.2) is 4.98 Å². The highest BCUT2D eigenvalue weighted by Gasteiger charge is 2.30. The minimum atomic E-state index is 0.636. The van der Waals surface area contributed by atoms with E-state index < -0.39 is 0 Å². The van der Waals surface area contributed by atoms with Gasteiger partial charge in [0.05, 0.1) is 0 Å². The largest absolute Gasteiger partial charge is 0.456 e. The molecule has 0 aliphatic heterocycles. The smallest absolute Gasteiger partial charge is 0.228 e. The highest BCUT2D eigenvalue weighted by Crippen LogP contribution is 2.52. The summed E-state index contributed by atoms with van der Waals surface area (Å²) in [6.45, 7) is 0. The molecule has 0 radical (unpaired) electrons. The predicted octanol–water partition coefficient (Wildman–Crippen LogP) is 12.8. The van der Waals surface area contributed by atoms with Crippen LogP contribution in [0.2, 0.25) is 0 Å². The minimum absolute atomic E-state index is 0.636. The summed E-state index contributed by atoms with van der Waals surface area (Å²) >= 11 is 0. The van der Waals surface area contributed by atoms with Gasteiger partial charge < -0.3 is 13.7 Å². The van der Waals surface area contributed by atoms with Crippen molar-refractivity contribution in [1.82, 2.24) is 4.98 Å². The van der Waals surface area contributed by atoms with Gasteiger partial charge in [0.25, 0.3) is 0 Å². The summed E-state index contributed by atoms with van der Waals surface area (Å²) in [6, 6.07) is 55.5. The Morgan fingerprint density at radius 2 is 1.14 bits per heavy atom. The summed E-state index contributed by atoms with van der Waals surface area (Å²) in [7, 11) is 0. The van der Waals surface area contributed by atoms with Gasteiger partial charge >= 0.3 is 0 Å². The predicted molar refractivity (Wildman–Crippen MR) is 201 cm³/mol. The summed E-state index contributed by atoms with van der Waals surface area (Å²) in [5.41, 5.74) is 8.97. The maximum Gasteiger partial charge on any atom is 0.228 e. The molecule has 0 unspecified atom stereocenters. The zero-order chi connectivity index (χ0) is 32.1. The maximum absolute atomic E-state index is 6.76. The zero-order valence-corrected chi connectivity index (χ0v) is 26.2. The quantitative estimate of drug-likeness (QED) is 0.182. The Hall–Kier alpha value is -6.65. The van der Waals surface area contributed by atoms with E-state index in [-0.39, 0.29) is 0 Å². The van der Waals surface area contributed by atoms with Crippen LogP contribution in [-0.2, 0) is 0 Å². The third kappa shape index (κ3) is 3.83. The van der Waals surface area contributed by atoms with E-state index in [9.17, 15) is 0 Å². The van der Waals surface area contributed by atoms with Crippen molar-refractivity contribution in [1.29, 1.82) is 0 Å². The van der Waals surface area contributed by atoms with Crippen LogP contribution in [0.4, 0.5) is 17.1 Å². The van der Waals surface area contributed by atoms with Crippen LogP contribution < -0.4 is 4.90 Å². The Labute approximate surface area is 281 Å². The fourth-order valence-corrected chi connectivity index (χ4v) is 7.83. The van der Waals surface area contributed by atoms with Crippen molar-refractivity contribution in [2.24, 2.45) is 0 Å². The van der Waals surface area contributed by atoms with E-state index in [0.29, 0.717) is 5.89 Å². The monoisotopic (exact) mass is 626 g/mol. The number of aromatic nitrogens is 1. The van der Waals surface area contributed by atoms with Gasteiger partial charge in [0.2, 0.25) is 5.89 Å². The number of furan rings is 1. The molecular formula is C45H26N2O2. The molecule has 2 aromatic heterocycles. The number of nitrogens with zero attached hydrogens (tertiary/aromatic N) is 2. The standard InChI is InChI=1S/C45H26N2O2/c1-2-13-29(14-3-1)47(30-21-22-41-37(25-30)35-18-8-9-20-40(35)48-41)31-23-28-12-10-19-36-42(28)39(26-31)43-44(36)49-45(46-43)38-24-27-11-4-5-15-32(27)33-16-6-7-17-34(33)38/h1-26H. The van der Waals surface area contributed by atoms with Gasteiger partial charge in [-0.1, -0.05) is 103 Å². The fraction of sp³-hybridized carbons (Fsp3) is 0. The molecule has 0 saturated heterocycles. The molecule has 0 N–H and O–H groups in total. The number of oxazole rings is 1. The number of rotatable bonds is 4. The summed E-state index contributed by atoms with van der Waals surface area (Å²) in [5, 5.41) is 9.23. The van der Waals surface area contributed by atoms with E-state index in [2.05, 4.69) is 150 Å². The van der Waals surface area contributed by atoms with E-state index in [4.69, 9.17) is 13.8 Å². The van der Waals surface area contributed by atoms with Gasteiger partial charge in [-0.05, 0) is 81.5 Å². The normalized spacial score (nSPS) is 12.1. The van der Waals surface area contributed by atoms with Crippen LogP contribution in [0.5, 0.6) is 0 Å². The molecule has 1 aliphatic rings. The van der Waals surface area contributed by atoms with E-state index in [1.165, 1.54) is 21.5 Å². The first kappa shape index (κ1) is 26.4. The van der Waals surface area contributed by atoms with Gasteiger partial charge in [0, 0.05) is 49.9 Å². The van der Waals surface area contributed by atoms with Crippen LogP contribution in [0.25, 0.3) is 88.3 Å². The molecule has 49 heavy (non-hydrogen) atoms. The maximum atomic E-state index is 6.76.